The highest BCUT2D eigenvalue weighted by Gasteiger charge is 2.31. The molecule has 0 N–H and O–H groups in total. The zero-order valence-corrected chi connectivity index (χ0v) is 15.9. The maximum Gasteiger partial charge on any atom is 0.226 e. The molecule has 0 radical (unpaired) electrons. The predicted molar refractivity (Wildman–Crippen MR) is 106 cm³/mol. The second-order valence-electron chi connectivity index (χ2n) is 7.66. The second-order valence-corrected chi connectivity index (χ2v) is 7.66. The topological polar surface area (TPSA) is 41.9 Å². The fourth-order valence-electron chi connectivity index (χ4n) is 4.05. The third kappa shape index (κ3) is 4.41. The Morgan fingerprint density at radius 2 is 1.79 bits per heavy atom. The van der Waals surface area contributed by atoms with E-state index in [-0.39, 0.29) is 23.7 Å². The average molecular weight is 380 g/mol. The number of halogens is 1. The number of amides is 1. The van der Waals surface area contributed by atoms with Crippen LogP contribution in [0.25, 0.3) is 0 Å². The first-order valence-electron chi connectivity index (χ1n) is 10.0. The van der Waals surface area contributed by atoms with Crippen LogP contribution in [0.1, 0.15) is 43.2 Å². The minimum atomic E-state index is -0.266. The van der Waals surface area contributed by atoms with Crippen LogP contribution in [0.5, 0.6) is 0 Å². The molecule has 28 heavy (non-hydrogen) atoms. The van der Waals surface area contributed by atoms with E-state index in [0.717, 1.165) is 42.5 Å². The molecule has 1 aliphatic carbocycles. The standard InChI is InChI=1S/C23H25FN2O2/c24-20-12-10-17(11-13-20)15-26(23(27)19-8-4-5-9-19)16-21-14-22(25-28-21)18-6-2-1-3-7-18/h1-3,6-7,10-13,19,21H,4-5,8-9,14-16H2. The lowest BCUT2D eigenvalue weighted by Gasteiger charge is -2.27. The van der Waals surface area contributed by atoms with E-state index in [1.165, 1.54) is 12.1 Å². The number of nitrogens with zero attached hydrogens (tertiary/aromatic N) is 2. The highest BCUT2D eigenvalue weighted by atomic mass is 19.1. The summed E-state index contributed by atoms with van der Waals surface area (Å²) in [5.41, 5.74) is 2.90. The molecular formula is C23H25FN2O2. The molecule has 5 heteroatoms. The summed E-state index contributed by atoms with van der Waals surface area (Å²) in [6.07, 6.45) is 4.67. The minimum absolute atomic E-state index is 0.0939. The Kier molecular flexibility index (Phi) is 5.70. The zero-order valence-electron chi connectivity index (χ0n) is 15.9. The number of hydrogen-bond acceptors (Lipinski definition) is 3. The number of oxime groups is 1. The van der Waals surface area contributed by atoms with Gasteiger partial charge >= 0.3 is 0 Å². The summed E-state index contributed by atoms with van der Waals surface area (Å²) in [6, 6.07) is 16.3. The first-order chi connectivity index (χ1) is 13.7. The summed E-state index contributed by atoms with van der Waals surface area (Å²) in [5, 5.41) is 4.25. The molecule has 1 amide bonds. The summed E-state index contributed by atoms with van der Waals surface area (Å²) in [4.78, 5) is 20.6. The third-order valence-electron chi connectivity index (χ3n) is 5.57. The summed E-state index contributed by atoms with van der Waals surface area (Å²) in [7, 11) is 0. The lowest BCUT2D eigenvalue weighted by atomic mass is 10.0. The van der Waals surface area contributed by atoms with Crippen LogP contribution >= 0.6 is 0 Å². The van der Waals surface area contributed by atoms with Crippen LogP contribution in [0.3, 0.4) is 0 Å². The van der Waals surface area contributed by atoms with Crippen molar-refractivity contribution < 1.29 is 14.0 Å². The molecule has 0 bridgehead atoms. The zero-order chi connectivity index (χ0) is 19.3. The van der Waals surface area contributed by atoms with Crippen LogP contribution in [-0.2, 0) is 16.2 Å². The van der Waals surface area contributed by atoms with Gasteiger partial charge in [-0.25, -0.2) is 4.39 Å². The molecule has 2 aromatic carbocycles. The molecule has 1 unspecified atom stereocenters. The van der Waals surface area contributed by atoms with Crippen molar-refractivity contribution in [2.75, 3.05) is 6.54 Å². The molecule has 2 aliphatic rings. The highest BCUT2D eigenvalue weighted by Crippen LogP contribution is 2.28. The Bertz CT molecular complexity index is 829. The molecule has 1 atom stereocenters. The Morgan fingerprint density at radius 3 is 2.50 bits per heavy atom. The number of rotatable bonds is 6. The molecule has 1 heterocycles. The maximum absolute atomic E-state index is 13.2. The van der Waals surface area contributed by atoms with Gasteiger partial charge in [0, 0.05) is 18.9 Å². The average Bonchev–Trinajstić information content (AvgIpc) is 3.42. The van der Waals surface area contributed by atoms with E-state index >= 15 is 0 Å². The number of carbonyl (C=O) groups is 1. The van der Waals surface area contributed by atoms with Crippen molar-refractivity contribution in [3.8, 4) is 0 Å². The third-order valence-corrected chi connectivity index (χ3v) is 5.57. The van der Waals surface area contributed by atoms with Gasteiger partial charge in [-0.2, -0.15) is 0 Å². The van der Waals surface area contributed by atoms with Gasteiger partial charge in [0.05, 0.1) is 12.3 Å². The number of carbonyl (C=O) groups excluding carboxylic acids is 1. The lowest BCUT2D eigenvalue weighted by molar-refractivity contribution is -0.137. The maximum atomic E-state index is 13.2. The smallest absolute Gasteiger partial charge is 0.226 e. The van der Waals surface area contributed by atoms with Crippen molar-refractivity contribution in [1.82, 2.24) is 4.90 Å². The van der Waals surface area contributed by atoms with Gasteiger partial charge in [-0.1, -0.05) is 60.5 Å². The van der Waals surface area contributed by atoms with E-state index < -0.39 is 0 Å². The molecular weight excluding hydrogens is 355 g/mol. The molecule has 1 aliphatic heterocycles. The van der Waals surface area contributed by atoms with E-state index in [0.29, 0.717) is 19.5 Å². The molecule has 4 rings (SSSR count). The van der Waals surface area contributed by atoms with E-state index in [9.17, 15) is 9.18 Å². The van der Waals surface area contributed by atoms with Gasteiger partial charge in [0.15, 0.2) is 6.10 Å². The van der Waals surface area contributed by atoms with Crippen molar-refractivity contribution in [2.24, 2.45) is 11.1 Å². The normalized spacial score (nSPS) is 19.3. The van der Waals surface area contributed by atoms with Gasteiger partial charge in [-0.05, 0) is 36.1 Å². The van der Waals surface area contributed by atoms with E-state index in [2.05, 4.69) is 5.16 Å². The molecule has 146 valence electrons. The van der Waals surface area contributed by atoms with Crippen molar-refractivity contribution >= 4 is 11.6 Å². The van der Waals surface area contributed by atoms with E-state index in [4.69, 9.17) is 4.84 Å². The summed E-state index contributed by atoms with van der Waals surface area (Å²) in [5.74, 6) is 0.00685. The largest absolute Gasteiger partial charge is 0.390 e. The van der Waals surface area contributed by atoms with Gasteiger partial charge < -0.3 is 9.74 Å². The molecule has 0 saturated heterocycles. The molecule has 0 aromatic heterocycles. The van der Waals surface area contributed by atoms with Crippen LogP contribution in [0.4, 0.5) is 4.39 Å². The summed E-state index contributed by atoms with van der Waals surface area (Å²) < 4.78 is 13.2. The quantitative estimate of drug-likeness (QED) is 0.738. The van der Waals surface area contributed by atoms with Crippen LogP contribution in [0.15, 0.2) is 59.8 Å². The van der Waals surface area contributed by atoms with Crippen molar-refractivity contribution in [3.63, 3.8) is 0 Å². The number of hydrogen-bond donors (Lipinski definition) is 0. The highest BCUT2D eigenvalue weighted by molar-refractivity contribution is 6.01. The number of benzene rings is 2. The van der Waals surface area contributed by atoms with Gasteiger partial charge in [0.1, 0.15) is 5.82 Å². The van der Waals surface area contributed by atoms with E-state index in [1.54, 1.807) is 12.1 Å². The van der Waals surface area contributed by atoms with Crippen LogP contribution in [0, 0.1) is 11.7 Å². The first kappa shape index (κ1) is 18.7. The van der Waals surface area contributed by atoms with Gasteiger partial charge in [0.25, 0.3) is 0 Å². The molecule has 4 nitrogen and oxygen atoms in total. The van der Waals surface area contributed by atoms with Gasteiger partial charge in [-0.3, -0.25) is 4.79 Å². The Morgan fingerprint density at radius 1 is 1.07 bits per heavy atom. The fourth-order valence-corrected chi connectivity index (χ4v) is 4.05. The van der Waals surface area contributed by atoms with E-state index in [1.807, 2.05) is 35.2 Å². The Hall–Kier alpha value is -2.69. The molecule has 2 aromatic rings. The monoisotopic (exact) mass is 380 g/mol. The molecule has 1 fully saturated rings. The SMILES string of the molecule is O=C(C1CCCC1)N(Cc1ccc(F)cc1)CC1CC(c2ccccc2)=NO1. The summed E-state index contributed by atoms with van der Waals surface area (Å²) >= 11 is 0. The van der Waals surface area contributed by atoms with Crippen molar-refractivity contribution in [1.29, 1.82) is 0 Å². The Balaban J connectivity index is 1.44. The van der Waals surface area contributed by atoms with Crippen molar-refractivity contribution in [3.05, 3.63) is 71.5 Å². The van der Waals surface area contributed by atoms with Gasteiger partial charge in [0.2, 0.25) is 5.91 Å². The molecule has 0 spiro atoms. The fraction of sp³-hybridized carbons (Fsp3) is 0.391. The van der Waals surface area contributed by atoms with Crippen LogP contribution in [-0.4, -0.2) is 29.2 Å². The second kappa shape index (κ2) is 8.55. The summed E-state index contributed by atoms with van der Waals surface area (Å²) in [6.45, 7) is 0.961. The minimum Gasteiger partial charge on any atom is -0.390 e. The predicted octanol–water partition coefficient (Wildman–Crippen LogP) is 4.54. The van der Waals surface area contributed by atoms with Crippen LogP contribution in [0.2, 0.25) is 0 Å². The lowest BCUT2D eigenvalue weighted by Crippen LogP contribution is -2.40. The molecule has 1 saturated carbocycles. The first-order valence-corrected chi connectivity index (χ1v) is 10.0. The van der Waals surface area contributed by atoms with Crippen LogP contribution < -0.4 is 0 Å². The Labute approximate surface area is 165 Å². The van der Waals surface area contributed by atoms with Gasteiger partial charge in [-0.15, -0.1) is 0 Å². The van der Waals surface area contributed by atoms with Crippen molar-refractivity contribution in [2.45, 2.75) is 44.8 Å².